The van der Waals surface area contributed by atoms with Crippen molar-refractivity contribution in [2.45, 2.75) is 99.8 Å². The molecule has 4 nitrogen and oxygen atoms in total. The van der Waals surface area contributed by atoms with E-state index in [1.54, 1.807) is 0 Å². The van der Waals surface area contributed by atoms with E-state index in [2.05, 4.69) is 48.1 Å². The van der Waals surface area contributed by atoms with Crippen LogP contribution in [0.15, 0.2) is 42.5 Å². The molecule has 1 aromatic carbocycles. The summed E-state index contributed by atoms with van der Waals surface area (Å²) in [7, 11) is 0. The average molecular weight is 571 g/mol. The number of hydrogen-bond acceptors (Lipinski definition) is 4. The Kier molecular flexibility index (Phi) is 6.69. The van der Waals surface area contributed by atoms with Crippen molar-refractivity contribution in [3.05, 3.63) is 48.1 Å². The SMILES string of the molecule is C=C(C)[C@@H]1CC[C@]2(C(C)=O)CC[C@]3(C)[C@H](CC[C@@H]4[C@@]5(C)C(=O)C=C(c6ccc(OC=O)cc6)C(C)(C)[C@@H]5CC[C@]43C)[C@@H]12. The van der Waals surface area contributed by atoms with E-state index in [1.807, 2.05) is 37.3 Å². The van der Waals surface area contributed by atoms with E-state index in [1.165, 1.54) is 5.57 Å². The number of ketones is 2. The fourth-order valence-electron chi connectivity index (χ4n) is 12.3. The third kappa shape index (κ3) is 3.62. The second-order valence-corrected chi connectivity index (χ2v) is 16.1. The minimum absolute atomic E-state index is 0.0389. The molecule has 0 amide bonds. The summed E-state index contributed by atoms with van der Waals surface area (Å²) in [5, 5.41) is 0. The highest BCUT2D eigenvalue weighted by atomic mass is 16.5. The largest absolute Gasteiger partial charge is 0.429 e. The van der Waals surface area contributed by atoms with Crippen LogP contribution in [0.2, 0.25) is 0 Å². The second kappa shape index (κ2) is 9.50. The highest BCUT2D eigenvalue weighted by Gasteiger charge is 2.72. The third-order valence-corrected chi connectivity index (χ3v) is 14.6. The van der Waals surface area contributed by atoms with Gasteiger partial charge in [0.15, 0.2) is 5.78 Å². The van der Waals surface area contributed by atoms with Gasteiger partial charge in [-0.25, -0.2) is 0 Å². The molecule has 0 saturated heterocycles. The van der Waals surface area contributed by atoms with E-state index in [0.717, 1.165) is 62.5 Å². The molecule has 6 rings (SSSR count). The van der Waals surface area contributed by atoms with Gasteiger partial charge in [0.2, 0.25) is 0 Å². The summed E-state index contributed by atoms with van der Waals surface area (Å²) in [5.74, 6) is 3.04. The van der Waals surface area contributed by atoms with Crippen molar-refractivity contribution in [1.82, 2.24) is 0 Å². The Labute approximate surface area is 252 Å². The van der Waals surface area contributed by atoms with Crippen LogP contribution in [0.5, 0.6) is 5.75 Å². The normalized spacial score (nSPS) is 43.6. The maximum absolute atomic E-state index is 14.5. The summed E-state index contributed by atoms with van der Waals surface area (Å²) < 4.78 is 5.02. The number of benzene rings is 1. The minimum Gasteiger partial charge on any atom is -0.429 e. The number of hydrogen-bond donors (Lipinski definition) is 0. The summed E-state index contributed by atoms with van der Waals surface area (Å²) in [5.41, 5.74) is 2.71. The first-order chi connectivity index (χ1) is 19.7. The summed E-state index contributed by atoms with van der Waals surface area (Å²) in [4.78, 5) is 38.7. The Morgan fingerprint density at radius 3 is 2.19 bits per heavy atom. The highest BCUT2D eigenvalue weighted by Crippen LogP contribution is 2.77. The van der Waals surface area contributed by atoms with Crippen LogP contribution >= 0.6 is 0 Å². The minimum atomic E-state index is -0.424. The van der Waals surface area contributed by atoms with Crippen molar-refractivity contribution in [3.63, 3.8) is 0 Å². The Morgan fingerprint density at radius 2 is 1.57 bits per heavy atom. The standard InChI is InChI=1S/C38H50O4/c1-23(2)27-15-18-38(24(3)40)20-19-35(6)28(33(27)38)13-14-31-36(35,7)17-16-30-34(4,5)29(21-32(41)37(30,31)8)25-9-11-26(12-10-25)42-22-39/h9-12,21-22,27-28,30-31,33H,1,13-20H2,2-8H3/t27-,28+,30-,31-,33+,35+,36+,37-,38+/m0/s1. The number of rotatable bonds is 5. The van der Waals surface area contributed by atoms with Crippen molar-refractivity contribution in [2.24, 2.45) is 56.7 Å². The van der Waals surface area contributed by atoms with Crippen LogP contribution in [0.4, 0.5) is 0 Å². The van der Waals surface area contributed by atoms with Gasteiger partial charge in [0.1, 0.15) is 11.5 Å². The summed E-state index contributed by atoms with van der Waals surface area (Å²) >= 11 is 0. The quantitative estimate of drug-likeness (QED) is 0.263. The molecule has 0 aliphatic heterocycles. The van der Waals surface area contributed by atoms with Crippen molar-refractivity contribution in [1.29, 1.82) is 0 Å². The van der Waals surface area contributed by atoms with E-state index in [9.17, 15) is 14.4 Å². The van der Waals surface area contributed by atoms with E-state index in [-0.39, 0.29) is 33.4 Å². The van der Waals surface area contributed by atoms with Gasteiger partial charge >= 0.3 is 0 Å². The molecule has 5 aliphatic rings. The lowest BCUT2D eigenvalue weighted by Crippen LogP contribution is -2.67. The highest BCUT2D eigenvalue weighted by molar-refractivity contribution is 6.04. The molecule has 9 atom stereocenters. The van der Waals surface area contributed by atoms with Gasteiger partial charge in [0.05, 0.1) is 0 Å². The van der Waals surface area contributed by atoms with Crippen LogP contribution in [0.1, 0.15) is 105 Å². The number of allylic oxidation sites excluding steroid dienone is 3. The fraction of sp³-hybridized carbons (Fsp3) is 0.658. The maximum atomic E-state index is 14.5. The Hall–Kier alpha value is -2.49. The molecule has 0 radical (unpaired) electrons. The Bertz CT molecular complexity index is 1370. The van der Waals surface area contributed by atoms with Crippen molar-refractivity contribution >= 4 is 23.6 Å². The lowest BCUT2D eigenvalue weighted by atomic mass is 9.32. The number of ether oxygens (including phenoxy) is 1. The molecule has 4 fully saturated rings. The molecule has 4 saturated carbocycles. The molecule has 1 aromatic rings. The number of fused-ring (bicyclic) bond motifs is 7. The molecule has 4 heteroatoms. The monoisotopic (exact) mass is 570 g/mol. The van der Waals surface area contributed by atoms with Gasteiger partial charge in [0, 0.05) is 10.8 Å². The lowest BCUT2D eigenvalue weighted by Gasteiger charge is -2.71. The molecule has 0 heterocycles. The number of Topliss-reactive ketones (excluding diaryl/α,β-unsaturated/α-hetero) is 1. The molecular weight excluding hydrogens is 520 g/mol. The summed E-state index contributed by atoms with van der Waals surface area (Å²) in [6.45, 7) is 21.0. The van der Waals surface area contributed by atoms with Gasteiger partial charge in [-0.15, -0.1) is 0 Å². The van der Waals surface area contributed by atoms with E-state index in [4.69, 9.17) is 4.74 Å². The van der Waals surface area contributed by atoms with E-state index < -0.39 is 5.41 Å². The van der Waals surface area contributed by atoms with Crippen LogP contribution in [-0.4, -0.2) is 18.0 Å². The number of carbonyl (C=O) groups excluding carboxylic acids is 3. The van der Waals surface area contributed by atoms with Crippen LogP contribution in [0, 0.1) is 56.7 Å². The van der Waals surface area contributed by atoms with Crippen LogP contribution < -0.4 is 4.74 Å². The third-order valence-electron chi connectivity index (χ3n) is 14.6. The molecule has 0 aromatic heterocycles. The molecule has 0 spiro atoms. The Balaban J connectivity index is 1.40. The van der Waals surface area contributed by atoms with Gasteiger partial charge in [0.25, 0.3) is 6.47 Å². The molecule has 0 N–H and O–H groups in total. The van der Waals surface area contributed by atoms with Gasteiger partial charge in [-0.05, 0) is 140 Å². The van der Waals surface area contributed by atoms with Crippen LogP contribution in [-0.2, 0) is 14.4 Å². The van der Waals surface area contributed by atoms with Gasteiger partial charge in [-0.2, -0.15) is 0 Å². The zero-order valence-corrected chi connectivity index (χ0v) is 26.8. The van der Waals surface area contributed by atoms with E-state index in [0.29, 0.717) is 41.7 Å². The average Bonchev–Trinajstić information content (AvgIpc) is 3.34. The van der Waals surface area contributed by atoms with Crippen molar-refractivity contribution in [2.75, 3.05) is 0 Å². The summed E-state index contributed by atoms with van der Waals surface area (Å²) in [6, 6.07) is 7.57. The second-order valence-electron chi connectivity index (χ2n) is 16.1. The first-order valence-electron chi connectivity index (χ1n) is 16.3. The van der Waals surface area contributed by atoms with Gasteiger partial charge in [-0.1, -0.05) is 58.9 Å². The van der Waals surface area contributed by atoms with Crippen LogP contribution in [0.25, 0.3) is 5.57 Å². The predicted molar refractivity (Wildman–Crippen MR) is 167 cm³/mol. The molecule has 0 unspecified atom stereocenters. The zero-order valence-electron chi connectivity index (χ0n) is 26.8. The lowest BCUT2D eigenvalue weighted by molar-refractivity contribution is -0.221. The van der Waals surface area contributed by atoms with Gasteiger partial charge in [-0.3, -0.25) is 14.4 Å². The maximum Gasteiger partial charge on any atom is 0.298 e. The summed E-state index contributed by atoms with van der Waals surface area (Å²) in [6.07, 6.45) is 10.4. The first-order valence-corrected chi connectivity index (χ1v) is 16.3. The zero-order chi connectivity index (χ0) is 30.5. The van der Waals surface area contributed by atoms with Crippen molar-refractivity contribution < 1.29 is 19.1 Å². The smallest absolute Gasteiger partial charge is 0.298 e. The number of carbonyl (C=O) groups is 3. The Morgan fingerprint density at radius 1 is 0.881 bits per heavy atom. The molecular formula is C38H50O4. The molecule has 5 aliphatic carbocycles. The molecule has 42 heavy (non-hydrogen) atoms. The van der Waals surface area contributed by atoms with Gasteiger partial charge < -0.3 is 4.74 Å². The molecule has 226 valence electrons. The van der Waals surface area contributed by atoms with E-state index >= 15 is 0 Å². The van der Waals surface area contributed by atoms with Crippen LogP contribution in [0.3, 0.4) is 0 Å². The topological polar surface area (TPSA) is 60.4 Å². The molecule has 0 bridgehead atoms. The van der Waals surface area contributed by atoms with Crippen molar-refractivity contribution in [3.8, 4) is 5.75 Å². The predicted octanol–water partition coefficient (Wildman–Crippen LogP) is 8.64. The first kappa shape index (κ1) is 29.6. The fourth-order valence-corrected chi connectivity index (χ4v) is 12.3.